The van der Waals surface area contributed by atoms with E-state index in [1.54, 1.807) is 24.1 Å². The van der Waals surface area contributed by atoms with Gasteiger partial charge in [-0.15, -0.1) is 0 Å². The first-order valence-corrected chi connectivity index (χ1v) is 11.0. The Morgan fingerprint density at radius 1 is 1.10 bits per heavy atom. The molecular weight excluding hydrogens is 398 g/mol. The standard InChI is InChI=1S/C22H35N5O4/c1-22(2,3)31-21(29)27-9-7-17(8-10-27)16-24-20(23-4)26-13-11-25(12-14-26)19(28)18-6-5-15-30-18/h5-6,15,17H,7-14,16H2,1-4H3,(H,23,24). The van der Waals surface area contributed by atoms with Crippen molar-refractivity contribution >= 4 is 18.0 Å². The molecule has 0 aliphatic carbocycles. The van der Waals surface area contributed by atoms with Crippen LogP contribution in [-0.2, 0) is 4.74 Å². The zero-order valence-corrected chi connectivity index (χ0v) is 19.1. The van der Waals surface area contributed by atoms with Crippen molar-refractivity contribution in [3.63, 3.8) is 0 Å². The first-order valence-electron chi connectivity index (χ1n) is 11.0. The number of piperidine rings is 1. The van der Waals surface area contributed by atoms with Gasteiger partial charge in [0.25, 0.3) is 5.91 Å². The smallest absolute Gasteiger partial charge is 0.410 e. The van der Waals surface area contributed by atoms with Gasteiger partial charge in [0.15, 0.2) is 11.7 Å². The maximum absolute atomic E-state index is 12.4. The van der Waals surface area contributed by atoms with E-state index in [-0.39, 0.29) is 12.0 Å². The maximum Gasteiger partial charge on any atom is 0.410 e. The van der Waals surface area contributed by atoms with Gasteiger partial charge in [0.1, 0.15) is 5.60 Å². The number of piperazine rings is 1. The fourth-order valence-electron chi connectivity index (χ4n) is 3.89. The molecule has 2 amide bonds. The van der Waals surface area contributed by atoms with Gasteiger partial charge in [0.2, 0.25) is 0 Å². The van der Waals surface area contributed by atoms with Gasteiger partial charge < -0.3 is 29.2 Å². The largest absolute Gasteiger partial charge is 0.459 e. The van der Waals surface area contributed by atoms with Crippen LogP contribution in [0.3, 0.4) is 0 Å². The van der Waals surface area contributed by atoms with Crippen molar-refractivity contribution in [1.29, 1.82) is 0 Å². The number of amides is 2. The summed E-state index contributed by atoms with van der Waals surface area (Å²) in [5.74, 6) is 1.66. The lowest BCUT2D eigenvalue weighted by Crippen LogP contribution is -2.54. The lowest BCUT2D eigenvalue weighted by molar-refractivity contribution is 0.0185. The number of nitrogens with one attached hydrogen (secondary N) is 1. The minimum atomic E-state index is -0.464. The Kier molecular flexibility index (Phi) is 7.46. The lowest BCUT2D eigenvalue weighted by atomic mass is 9.97. The minimum absolute atomic E-state index is 0.0654. The molecule has 0 atom stereocenters. The number of guanidine groups is 1. The van der Waals surface area contributed by atoms with E-state index in [0.717, 1.165) is 38.4 Å². The predicted octanol–water partition coefficient (Wildman–Crippen LogP) is 2.26. The summed E-state index contributed by atoms with van der Waals surface area (Å²) in [6.07, 6.45) is 3.17. The average Bonchev–Trinajstić information content (AvgIpc) is 3.28. The molecule has 0 saturated carbocycles. The number of aliphatic imine (C=N–C) groups is 1. The van der Waals surface area contributed by atoms with Gasteiger partial charge in [-0.25, -0.2) is 4.79 Å². The summed E-state index contributed by atoms with van der Waals surface area (Å²) in [4.78, 5) is 34.9. The molecule has 172 valence electrons. The first kappa shape index (κ1) is 23.0. The highest BCUT2D eigenvalue weighted by atomic mass is 16.6. The Balaban J connectivity index is 1.40. The van der Waals surface area contributed by atoms with Crippen LogP contribution in [0.4, 0.5) is 4.79 Å². The van der Waals surface area contributed by atoms with Crippen LogP contribution in [0.5, 0.6) is 0 Å². The second-order valence-electron chi connectivity index (χ2n) is 9.10. The third-order valence-electron chi connectivity index (χ3n) is 5.63. The molecule has 2 aliphatic heterocycles. The average molecular weight is 434 g/mol. The number of ether oxygens (including phenoxy) is 1. The topological polar surface area (TPSA) is 90.6 Å². The minimum Gasteiger partial charge on any atom is -0.459 e. The Morgan fingerprint density at radius 2 is 1.74 bits per heavy atom. The summed E-state index contributed by atoms with van der Waals surface area (Å²) in [6.45, 7) is 10.6. The number of furan rings is 1. The molecule has 3 rings (SSSR count). The number of carbonyl (C=O) groups is 2. The first-order chi connectivity index (χ1) is 14.8. The molecule has 31 heavy (non-hydrogen) atoms. The van der Waals surface area contributed by atoms with E-state index in [1.165, 1.54) is 6.26 Å². The van der Waals surface area contributed by atoms with Crippen molar-refractivity contribution in [1.82, 2.24) is 20.0 Å². The van der Waals surface area contributed by atoms with E-state index in [9.17, 15) is 9.59 Å². The molecule has 0 spiro atoms. The molecule has 2 fully saturated rings. The van der Waals surface area contributed by atoms with Crippen LogP contribution in [0.1, 0.15) is 44.2 Å². The molecule has 1 aromatic rings. The van der Waals surface area contributed by atoms with Crippen molar-refractivity contribution in [2.75, 3.05) is 52.9 Å². The van der Waals surface area contributed by atoms with Crippen LogP contribution in [0.15, 0.2) is 27.8 Å². The summed E-state index contributed by atoms with van der Waals surface area (Å²) in [5, 5.41) is 3.48. The van der Waals surface area contributed by atoms with E-state index in [4.69, 9.17) is 9.15 Å². The monoisotopic (exact) mass is 433 g/mol. The zero-order valence-electron chi connectivity index (χ0n) is 19.1. The number of hydrogen-bond acceptors (Lipinski definition) is 5. The summed E-state index contributed by atoms with van der Waals surface area (Å²) in [6, 6.07) is 3.43. The van der Waals surface area contributed by atoms with Gasteiger partial charge >= 0.3 is 6.09 Å². The van der Waals surface area contributed by atoms with Gasteiger partial charge in [0, 0.05) is 52.9 Å². The lowest BCUT2D eigenvalue weighted by Gasteiger charge is -2.37. The van der Waals surface area contributed by atoms with E-state index in [1.807, 2.05) is 25.7 Å². The van der Waals surface area contributed by atoms with Crippen LogP contribution in [0, 0.1) is 5.92 Å². The molecular formula is C22H35N5O4. The highest BCUT2D eigenvalue weighted by Crippen LogP contribution is 2.19. The van der Waals surface area contributed by atoms with Gasteiger partial charge in [-0.1, -0.05) is 0 Å². The Morgan fingerprint density at radius 3 is 2.29 bits per heavy atom. The van der Waals surface area contributed by atoms with Crippen molar-refractivity contribution in [3.8, 4) is 0 Å². The molecule has 1 aromatic heterocycles. The fraction of sp³-hybridized carbons (Fsp3) is 0.682. The third kappa shape index (κ3) is 6.38. The Labute approximate surface area is 184 Å². The van der Waals surface area contributed by atoms with E-state index in [0.29, 0.717) is 37.9 Å². The van der Waals surface area contributed by atoms with E-state index in [2.05, 4.69) is 15.2 Å². The summed E-state index contributed by atoms with van der Waals surface area (Å²) < 4.78 is 10.7. The molecule has 9 nitrogen and oxygen atoms in total. The van der Waals surface area contributed by atoms with Gasteiger partial charge in [-0.05, 0) is 51.7 Å². The van der Waals surface area contributed by atoms with Crippen LogP contribution in [-0.4, -0.2) is 91.1 Å². The number of hydrogen-bond donors (Lipinski definition) is 1. The van der Waals surface area contributed by atoms with Crippen LogP contribution in [0.2, 0.25) is 0 Å². The van der Waals surface area contributed by atoms with Gasteiger partial charge in [0.05, 0.1) is 6.26 Å². The maximum atomic E-state index is 12.4. The molecule has 2 aliphatic rings. The van der Waals surface area contributed by atoms with Crippen LogP contribution in [0.25, 0.3) is 0 Å². The van der Waals surface area contributed by atoms with Crippen molar-refractivity contribution in [3.05, 3.63) is 24.2 Å². The molecule has 2 saturated heterocycles. The van der Waals surface area contributed by atoms with E-state index < -0.39 is 5.60 Å². The van der Waals surface area contributed by atoms with Gasteiger partial charge in [-0.3, -0.25) is 9.79 Å². The van der Waals surface area contributed by atoms with Crippen LogP contribution < -0.4 is 5.32 Å². The number of carbonyl (C=O) groups excluding carboxylic acids is 2. The normalized spacial score (nSPS) is 18.8. The van der Waals surface area contributed by atoms with E-state index >= 15 is 0 Å². The summed E-state index contributed by atoms with van der Waals surface area (Å²) in [5.41, 5.74) is -0.464. The molecule has 1 N–H and O–H groups in total. The van der Waals surface area contributed by atoms with Crippen molar-refractivity contribution in [2.45, 2.75) is 39.2 Å². The number of likely N-dealkylation sites (tertiary alicyclic amines) is 1. The Bertz CT molecular complexity index is 755. The number of nitrogens with zero attached hydrogens (tertiary/aromatic N) is 4. The molecule has 3 heterocycles. The van der Waals surface area contributed by atoms with Crippen molar-refractivity contribution < 1.29 is 18.7 Å². The highest BCUT2D eigenvalue weighted by Gasteiger charge is 2.28. The SMILES string of the molecule is CN=C(NCC1CCN(C(=O)OC(C)(C)C)CC1)N1CCN(C(=O)c2ccco2)CC1. The quantitative estimate of drug-likeness (QED) is 0.581. The van der Waals surface area contributed by atoms with Gasteiger partial charge in [-0.2, -0.15) is 0 Å². The molecule has 0 bridgehead atoms. The third-order valence-corrected chi connectivity index (χ3v) is 5.63. The molecule has 0 unspecified atom stereocenters. The predicted molar refractivity (Wildman–Crippen MR) is 118 cm³/mol. The highest BCUT2D eigenvalue weighted by molar-refractivity contribution is 5.91. The number of rotatable bonds is 3. The van der Waals surface area contributed by atoms with Crippen molar-refractivity contribution in [2.24, 2.45) is 10.9 Å². The summed E-state index contributed by atoms with van der Waals surface area (Å²) >= 11 is 0. The molecule has 0 radical (unpaired) electrons. The Hall–Kier alpha value is -2.71. The second kappa shape index (κ2) is 10.1. The van der Waals surface area contributed by atoms with Crippen LogP contribution >= 0.6 is 0 Å². The zero-order chi connectivity index (χ0) is 22.4. The molecule has 0 aromatic carbocycles. The summed E-state index contributed by atoms with van der Waals surface area (Å²) in [7, 11) is 1.79. The molecule has 9 heteroatoms. The fourth-order valence-corrected chi connectivity index (χ4v) is 3.89. The second-order valence-corrected chi connectivity index (χ2v) is 9.10.